The van der Waals surface area contributed by atoms with Gasteiger partial charge in [0.2, 0.25) is 0 Å². The lowest BCUT2D eigenvalue weighted by atomic mass is 9.81. The quantitative estimate of drug-likeness (QED) is 0.719. The molecule has 2 aliphatic carbocycles. The van der Waals surface area contributed by atoms with Gasteiger partial charge in [-0.2, -0.15) is 5.26 Å². The van der Waals surface area contributed by atoms with Gasteiger partial charge < -0.3 is 9.64 Å². The van der Waals surface area contributed by atoms with Crippen LogP contribution >= 0.6 is 0 Å². The number of hydrogen-bond donors (Lipinski definition) is 0. The van der Waals surface area contributed by atoms with Crippen molar-refractivity contribution in [3.05, 3.63) is 41.1 Å². The van der Waals surface area contributed by atoms with Crippen molar-refractivity contribution in [2.75, 3.05) is 13.7 Å². The minimum atomic E-state index is -0.787. The first kappa shape index (κ1) is 20.3. The molecule has 0 atom stereocenters. The molecule has 0 bridgehead atoms. The molecule has 0 aliphatic heterocycles. The Labute approximate surface area is 176 Å². The number of rotatable bonds is 4. The van der Waals surface area contributed by atoms with Crippen LogP contribution in [0.5, 0.6) is 0 Å². The van der Waals surface area contributed by atoms with Crippen molar-refractivity contribution in [3.63, 3.8) is 0 Å². The molecule has 30 heavy (non-hydrogen) atoms. The van der Waals surface area contributed by atoms with E-state index < -0.39 is 11.5 Å². The average molecular weight is 405 g/mol. The number of aromatic nitrogens is 1. The summed E-state index contributed by atoms with van der Waals surface area (Å²) in [7, 11) is 1.65. The molecule has 1 heterocycles. The van der Waals surface area contributed by atoms with Crippen molar-refractivity contribution in [1.82, 2.24) is 9.88 Å². The smallest absolute Gasteiger partial charge is 0.339 e. The summed E-state index contributed by atoms with van der Waals surface area (Å²) in [4.78, 5) is 32.1. The zero-order valence-corrected chi connectivity index (χ0v) is 17.4. The number of benzene rings is 1. The van der Waals surface area contributed by atoms with Gasteiger partial charge in [-0.3, -0.25) is 9.78 Å². The van der Waals surface area contributed by atoms with Crippen LogP contribution in [0.4, 0.5) is 0 Å². The van der Waals surface area contributed by atoms with E-state index in [-0.39, 0.29) is 12.5 Å². The fourth-order valence-electron chi connectivity index (χ4n) is 4.80. The molecule has 2 aliphatic rings. The number of fused-ring (bicyclic) bond motifs is 2. The number of aryl methyl sites for hydroxylation is 1. The van der Waals surface area contributed by atoms with Crippen LogP contribution in [-0.4, -0.2) is 41.0 Å². The first-order valence-electron chi connectivity index (χ1n) is 10.8. The average Bonchev–Trinajstić information content (AvgIpc) is 2.80. The maximum Gasteiger partial charge on any atom is 0.339 e. The molecule has 0 saturated heterocycles. The molecule has 0 spiro atoms. The Bertz CT molecular complexity index is 1020. The van der Waals surface area contributed by atoms with E-state index in [9.17, 15) is 14.9 Å². The Balaban J connectivity index is 1.55. The summed E-state index contributed by atoms with van der Waals surface area (Å²) in [5.41, 5.74) is 2.44. The van der Waals surface area contributed by atoms with Crippen molar-refractivity contribution in [3.8, 4) is 6.07 Å². The number of esters is 1. The van der Waals surface area contributed by atoms with E-state index in [1.807, 2.05) is 24.3 Å². The largest absolute Gasteiger partial charge is 0.452 e. The molecule has 1 fully saturated rings. The first-order valence-corrected chi connectivity index (χ1v) is 10.8. The minimum absolute atomic E-state index is 0.334. The Morgan fingerprint density at radius 2 is 1.87 bits per heavy atom. The van der Waals surface area contributed by atoms with Gasteiger partial charge in [0.15, 0.2) is 6.61 Å². The van der Waals surface area contributed by atoms with E-state index in [1.165, 1.54) is 4.90 Å². The summed E-state index contributed by atoms with van der Waals surface area (Å²) in [6.45, 7) is -0.357. The zero-order chi connectivity index (χ0) is 21.1. The van der Waals surface area contributed by atoms with Gasteiger partial charge in [0, 0.05) is 18.1 Å². The molecule has 156 valence electrons. The summed E-state index contributed by atoms with van der Waals surface area (Å²) in [6.07, 6.45) is 8.01. The van der Waals surface area contributed by atoms with Gasteiger partial charge in [0.05, 0.1) is 17.1 Å². The van der Waals surface area contributed by atoms with E-state index in [4.69, 9.17) is 9.72 Å². The number of hydrogen-bond acceptors (Lipinski definition) is 5. The van der Waals surface area contributed by atoms with E-state index in [0.717, 1.165) is 67.1 Å². The fourth-order valence-corrected chi connectivity index (χ4v) is 4.80. The van der Waals surface area contributed by atoms with Gasteiger partial charge in [-0.15, -0.1) is 0 Å². The fraction of sp³-hybridized carbons (Fsp3) is 0.500. The molecule has 0 unspecified atom stereocenters. The standard InChI is InChI=1S/C24H27N3O3/c1-27(24(16-25)13-7-2-8-14-24)21(28)15-30-23(29)22-17-9-3-5-11-19(17)26-20-12-6-4-10-18(20)22/h3,5,9,11H,2,4,6-8,10,12-15H2,1H3. The Hall–Kier alpha value is -2.94. The number of para-hydroxylation sites is 1. The van der Waals surface area contributed by atoms with Crippen molar-refractivity contribution < 1.29 is 14.3 Å². The van der Waals surface area contributed by atoms with Crippen molar-refractivity contribution in [2.45, 2.75) is 63.3 Å². The van der Waals surface area contributed by atoms with Gasteiger partial charge in [0.25, 0.3) is 5.91 Å². The zero-order valence-electron chi connectivity index (χ0n) is 17.4. The van der Waals surface area contributed by atoms with Crippen molar-refractivity contribution in [2.24, 2.45) is 0 Å². The second kappa shape index (κ2) is 8.43. The Kier molecular flexibility index (Phi) is 5.72. The molecule has 1 aromatic heterocycles. The van der Waals surface area contributed by atoms with Gasteiger partial charge >= 0.3 is 5.97 Å². The van der Waals surface area contributed by atoms with Crippen LogP contribution in [0, 0.1) is 11.3 Å². The van der Waals surface area contributed by atoms with Gasteiger partial charge in [-0.05, 0) is 50.2 Å². The predicted molar refractivity (Wildman–Crippen MR) is 113 cm³/mol. The third-order valence-corrected chi connectivity index (χ3v) is 6.61. The molecule has 2 aromatic rings. The van der Waals surface area contributed by atoms with Crippen LogP contribution in [0.1, 0.15) is 66.6 Å². The summed E-state index contributed by atoms with van der Waals surface area (Å²) in [6, 6.07) is 9.91. The van der Waals surface area contributed by atoms with Crippen LogP contribution in [0.15, 0.2) is 24.3 Å². The number of nitriles is 1. The van der Waals surface area contributed by atoms with E-state index in [1.54, 1.807) is 7.05 Å². The maximum atomic E-state index is 13.1. The number of likely N-dealkylation sites (N-methyl/N-ethyl adjacent to an activating group) is 1. The number of ether oxygens (including phenoxy) is 1. The summed E-state index contributed by atoms with van der Waals surface area (Å²) < 4.78 is 5.50. The molecule has 1 amide bonds. The molecule has 0 N–H and O–H groups in total. The predicted octanol–water partition coefficient (Wildman–Crippen LogP) is 3.96. The SMILES string of the molecule is CN(C(=O)COC(=O)c1c2c(nc3ccccc13)CCCC2)C1(C#N)CCCCC1. The molecule has 1 saturated carbocycles. The molecule has 4 rings (SSSR count). The van der Waals surface area contributed by atoms with Crippen molar-refractivity contribution in [1.29, 1.82) is 5.26 Å². The van der Waals surface area contributed by atoms with Crippen LogP contribution in [0.25, 0.3) is 10.9 Å². The monoisotopic (exact) mass is 405 g/mol. The Morgan fingerprint density at radius 3 is 2.63 bits per heavy atom. The lowest BCUT2D eigenvalue weighted by Gasteiger charge is -2.38. The minimum Gasteiger partial charge on any atom is -0.452 e. The third kappa shape index (κ3) is 3.65. The molecule has 0 radical (unpaired) electrons. The summed E-state index contributed by atoms with van der Waals surface area (Å²) >= 11 is 0. The number of carbonyl (C=O) groups excluding carboxylic acids is 2. The summed E-state index contributed by atoms with van der Waals surface area (Å²) in [5, 5.41) is 10.5. The maximum absolute atomic E-state index is 13.1. The second-order valence-electron chi connectivity index (χ2n) is 8.37. The van der Waals surface area contributed by atoms with Crippen LogP contribution < -0.4 is 0 Å². The van der Waals surface area contributed by atoms with Crippen LogP contribution in [0.3, 0.4) is 0 Å². The highest BCUT2D eigenvalue weighted by atomic mass is 16.5. The normalized spacial score (nSPS) is 17.6. The topological polar surface area (TPSA) is 83.3 Å². The molecule has 6 nitrogen and oxygen atoms in total. The van der Waals surface area contributed by atoms with Gasteiger partial charge in [-0.1, -0.05) is 37.5 Å². The molecular formula is C24H27N3O3. The highest BCUT2D eigenvalue weighted by Crippen LogP contribution is 2.33. The van der Waals surface area contributed by atoms with E-state index in [0.29, 0.717) is 18.4 Å². The number of carbonyl (C=O) groups is 2. The Morgan fingerprint density at radius 1 is 1.13 bits per heavy atom. The lowest BCUT2D eigenvalue weighted by molar-refractivity contribution is -0.138. The van der Waals surface area contributed by atoms with E-state index in [2.05, 4.69) is 6.07 Å². The third-order valence-electron chi connectivity index (χ3n) is 6.61. The van der Waals surface area contributed by atoms with Gasteiger partial charge in [0.1, 0.15) is 5.54 Å². The number of pyridine rings is 1. The highest BCUT2D eigenvalue weighted by Gasteiger charge is 2.39. The van der Waals surface area contributed by atoms with Crippen LogP contribution in [0.2, 0.25) is 0 Å². The first-order chi connectivity index (χ1) is 14.6. The number of nitrogens with zero attached hydrogens (tertiary/aromatic N) is 3. The van der Waals surface area contributed by atoms with Gasteiger partial charge in [-0.25, -0.2) is 4.79 Å². The highest BCUT2D eigenvalue weighted by molar-refractivity contribution is 6.05. The number of amides is 1. The van der Waals surface area contributed by atoms with Crippen molar-refractivity contribution >= 4 is 22.8 Å². The molecular weight excluding hydrogens is 378 g/mol. The summed E-state index contributed by atoms with van der Waals surface area (Å²) in [5.74, 6) is -0.817. The molecule has 1 aromatic carbocycles. The van der Waals surface area contributed by atoms with E-state index >= 15 is 0 Å². The second-order valence-corrected chi connectivity index (χ2v) is 8.37. The lowest BCUT2D eigenvalue weighted by Crippen LogP contribution is -2.51. The van der Waals surface area contributed by atoms with Crippen LogP contribution in [-0.2, 0) is 22.4 Å². The molecule has 6 heteroatoms.